The molecule has 0 fully saturated rings. The molecule has 0 bridgehead atoms. The number of nitrogens with two attached hydrogens (primary N) is 1. The number of nitrogen functional groups attached to an aromatic ring is 1. The fourth-order valence-electron chi connectivity index (χ4n) is 1.62. The second-order valence-corrected chi connectivity index (χ2v) is 4.49. The van der Waals surface area contributed by atoms with Gasteiger partial charge >= 0.3 is 0 Å². The lowest BCUT2D eigenvalue weighted by Crippen LogP contribution is -2.32. The van der Waals surface area contributed by atoms with Crippen LogP contribution >= 0.6 is 0 Å². The second kappa shape index (κ2) is 6.49. The van der Waals surface area contributed by atoms with Crippen LogP contribution in [0.5, 0.6) is 0 Å². The van der Waals surface area contributed by atoms with E-state index in [1.165, 1.54) is 0 Å². The molecule has 4 nitrogen and oxygen atoms in total. The van der Waals surface area contributed by atoms with Gasteiger partial charge in [0.25, 0.3) is 0 Å². The number of nitrogens with zero attached hydrogens (tertiary/aromatic N) is 2. The van der Waals surface area contributed by atoms with Gasteiger partial charge in [-0.2, -0.15) is 0 Å². The summed E-state index contributed by atoms with van der Waals surface area (Å²) in [5.74, 6) is -1.46. The molecular formula is C12H19F2N3O. The number of methoxy groups -OCH3 is 1. The third kappa shape index (κ3) is 3.80. The molecule has 1 rings (SSSR count). The first kappa shape index (κ1) is 14.6. The zero-order valence-electron chi connectivity index (χ0n) is 10.9. The highest BCUT2D eigenvalue weighted by atomic mass is 19.1. The third-order valence-electron chi connectivity index (χ3n) is 2.39. The summed E-state index contributed by atoms with van der Waals surface area (Å²) < 4.78 is 31.8. The molecule has 1 heterocycles. The molecule has 0 saturated carbocycles. The van der Waals surface area contributed by atoms with E-state index in [-0.39, 0.29) is 11.6 Å². The number of halogens is 2. The first-order valence-electron chi connectivity index (χ1n) is 5.81. The number of ether oxygens (including phenoxy) is 1. The molecule has 1 aromatic rings. The van der Waals surface area contributed by atoms with Gasteiger partial charge < -0.3 is 15.4 Å². The lowest BCUT2D eigenvalue weighted by molar-refractivity contribution is 0.204. The number of rotatable bonds is 6. The molecule has 0 unspecified atom stereocenters. The first-order valence-corrected chi connectivity index (χ1v) is 5.81. The van der Waals surface area contributed by atoms with E-state index in [0.717, 1.165) is 6.07 Å². The third-order valence-corrected chi connectivity index (χ3v) is 2.39. The van der Waals surface area contributed by atoms with E-state index in [1.54, 1.807) is 12.0 Å². The number of pyridine rings is 1. The quantitative estimate of drug-likeness (QED) is 0.849. The molecule has 0 aliphatic carbocycles. The first-order chi connectivity index (χ1) is 8.45. The zero-order chi connectivity index (χ0) is 13.7. The summed E-state index contributed by atoms with van der Waals surface area (Å²) in [6, 6.07) is 0.762. The van der Waals surface area contributed by atoms with Gasteiger partial charge in [0.2, 0.25) is 0 Å². The van der Waals surface area contributed by atoms with Crippen LogP contribution in [-0.4, -0.2) is 31.8 Å². The van der Waals surface area contributed by atoms with Gasteiger partial charge in [0.15, 0.2) is 23.3 Å². The summed E-state index contributed by atoms with van der Waals surface area (Å²) in [4.78, 5) is 5.48. The number of anilines is 2. The van der Waals surface area contributed by atoms with Crippen LogP contribution in [0.15, 0.2) is 6.07 Å². The molecular weight excluding hydrogens is 240 g/mol. The summed E-state index contributed by atoms with van der Waals surface area (Å²) in [7, 11) is 1.57. The minimum atomic E-state index is -0.840. The molecule has 0 saturated heterocycles. The Balaban J connectivity index is 2.99. The van der Waals surface area contributed by atoms with E-state index < -0.39 is 11.6 Å². The fraction of sp³-hybridized carbons (Fsp3) is 0.583. The van der Waals surface area contributed by atoms with Crippen molar-refractivity contribution in [2.75, 3.05) is 37.4 Å². The highest BCUT2D eigenvalue weighted by Gasteiger charge is 2.17. The molecule has 0 radical (unpaired) electrons. The van der Waals surface area contributed by atoms with Gasteiger partial charge in [0.1, 0.15) is 0 Å². The zero-order valence-corrected chi connectivity index (χ0v) is 10.9. The van der Waals surface area contributed by atoms with Crippen LogP contribution in [0, 0.1) is 17.6 Å². The Labute approximate surface area is 106 Å². The lowest BCUT2D eigenvalue weighted by atomic mass is 10.2. The monoisotopic (exact) mass is 259 g/mol. The van der Waals surface area contributed by atoms with Crippen molar-refractivity contribution in [1.29, 1.82) is 0 Å². The van der Waals surface area contributed by atoms with E-state index >= 15 is 0 Å². The maximum atomic E-state index is 13.7. The van der Waals surface area contributed by atoms with E-state index in [0.29, 0.717) is 25.6 Å². The average molecular weight is 259 g/mol. The summed E-state index contributed by atoms with van der Waals surface area (Å²) in [5.41, 5.74) is 5.38. The Hall–Kier alpha value is -1.43. The van der Waals surface area contributed by atoms with Crippen LogP contribution in [0.4, 0.5) is 20.4 Å². The Morgan fingerprint density at radius 2 is 2.06 bits per heavy atom. The molecule has 1 aromatic heterocycles. The normalized spacial score (nSPS) is 11.0. The van der Waals surface area contributed by atoms with Gasteiger partial charge in [-0.3, -0.25) is 0 Å². The molecule has 0 aromatic carbocycles. The van der Waals surface area contributed by atoms with Gasteiger partial charge in [0, 0.05) is 26.3 Å². The van der Waals surface area contributed by atoms with E-state index in [1.807, 2.05) is 13.8 Å². The van der Waals surface area contributed by atoms with E-state index in [9.17, 15) is 8.78 Å². The molecule has 0 aliphatic rings. The van der Waals surface area contributed by atoms with Crippen molar-refractivity contribution in [1.82, 2.24) is 4.98 Å². The standard InChI is InChI=1S/C12H19F2N3O/c1-8(2)7-17(4-5-18-3)12-10(14)6-9(13)11(15)16-12/h6,8H,4-5,7H2,1-3H3,(H2,15,16). The summed E-state index contributed by atoms with van der Waals surface area (Å²) in [6.45, 7) is 5.52. The predicted octanol–water partition coefficient (Wildman–Crippen LogP) is 2.05. The minimum absolute atomic E-state index is 0.0691. The Bertz CT molecular complexity index is 399. The maximum absolute atomic E-state index is 13.7. The maximum Gasteiger partial charge on any atom is 0.168 e. The Morgan fingerprint density at radius 3 is 2.61 bits per heavy atom. The van der Waals surface area contributed by atoms with Crippen LogP contribution in [0.25, 0.3) is 0 Å². The fourth-order valence-corrected chi connectivity index (χ4v) is 1.62. The lowest BCUT2D eigenvalue weighted by Gasteiger charge is -2.25. The van der Waals surface area contributed by atoms with Crippen molar-refractivity contribution in [3.05, 3.63) is 17.7 Å². The smallest absolute Gasteiger partial charge is 0.168 e. The van der Waals surface area contributed by atoms with E-state index in [2.05, 4.69) is 4.98 Å². The van der Waals surface area contributed by atoms with Crippen molar-refractivity contribution < 1.29 is 13.5 Å². The molecule has 0 spiro atoms. The summed E-state index contributed by atoms with van der Waals surface area (Å²) >= 11 is 0. The second-order valence-electron chi connectivity index (χ2n) is 4.49. The number of aromatic nitrogens is 1. The Morgan fingerprint density at radius 1 is 1.39 bits per heavy atom. The van der Waals surface area contributed by atoms with Gasteiger partial charge in [-0.1, -0.05) is 13.8 Å². The minimum Gasteiger partial charge on any atom is -0.383 e. The van der Waals surface area contributed by atoms with Crippen molar-refractivity contribution in [3.8, 4) is 0 Å². The summed E-state index contributed by atoms with van der Waals surface area (Å²) in [5, 5.41) is 0. The van der Waals surface area contributed by atoms with Crippen molar-refractivity contribution in [3.63, 3.8) is 0 Å². The number of hydrogen-bond acceptors (Lipinski definition) is 4. The molecule has 0 atom stereocenters. The topological polar surface area (TPSA) is 51.4 Å². The average Bonchev–Trinajstić information content (AvgIpc) is 2.29. The molecule has 0 amide bonds. The van der Waals surface area contributed by atoms with Gasteiger partial charge in [-0.15, -0.1) is 0 Å². The highest BCUT2D eigenvalue weighted by molar-refractivity contribution is 5.47. The molecule has 0 aliphatic heterocycles. The van der Waals surface area contributed by atoms with Crippen LogP contribution in [0.3, 0.4) is 0 Å². The van der Waals surface area contributed by atoms with Crippen molar-refractivity contribution in [2.45, 2.75) is 13.8 Å². The molecule has 102 valence electrons. The van der Waals surface area contributed by atoms with Crippen LogP contribution in [-0.2, 0) is 4.74 Å². The number of hydrogen-bond donors (Lipinski definition) is 1. The van der Waals surface area contributed by atoms with Gasteiger partial charge in [-0.05, 0) is 5.92 Å². The Kier molecular flexibility index (Phi) is 5.27. The summed E-state index contributed by atoms with van der Waals surface area (Å²) in [6.07, 6.45) is 0. The van der Waals surface area contributed by atoms with Crippen molar-refractivity contribution >= 4 is 11.6 Å². The van der Waals surface area contributed by atoms with Crippen LogP contribution in [0.1, 0.15) is 13.8 Å². The van der Waals surface area contributed by atoms with Crippen molar-refractivity contribution in [2.24, 2.45) is 5.92 Å². The van der Waals surface area contributed by atoms with Crippen LogP contribution < -0.4 is 10.6 Å². The highest BCUT2D eigenvalue weighted by Crippen LogP contribution is 2.21. The molecule has 2 N–H and O–H groups in total. The van der Waals surface area contributed by atoms with Gasteiger partial charge in [-0.25, -0.2) is 13.8 Å². The van der Waals surface area contributed by atoms with E-state index in [4.69, 9.17) is 10.5 Å². The van der Waals surface area contributed by atoms with Gasteiger partial charge in [0.05, 0.1) is 6.61 Å². The predicted molar refractivity (Wildman–Crippen MR) is 67.5 cm³/mol. The SMILES string of the molecule is COCCN(CC(C)C)c1nc(N)c(F)cc1F. The molecule has 6 heteroatoms. The van der Waals surface area contributed by atoms with Crippen LogP contribution in [0.2, 0.25) is 0 Å². The molecule has 18 heavy (non-hydrogen) atoms. The largest absolute Gasteiger partial charge is 0.383 e.